The van der Waals surface area contributed by atoms with Gasteiger partial charge in [0.15, 0.2) is 0 Å². The normalized spacial score (nSPS) is 14.6. The van der Waals surface area contributed by atoms with Crippen molar-refractivity contribution in [1.82, 2.24) is 15.1 Å². The molecule has 1 unspecified atom stereocenters. The van der Waals surface area contributed by atoms with Crippen LogP contribution >= 0.6 is 11.3 Å². The van der Waals surface area contributed by atoms with E-state index in [0.29, 0.717) is 43.3 Å². The van der Waals surface area contributed by atoms with Gasteiger partial charge >= 0.3 is 6.09 Å². The number of hydrogen-bond acceptors (Lipinski definition) is 7. The van der Waals surface area contributed by atoms with Gasteiger partial charge in [-0.3, -0.25) is 9.48 Å². The highest BCUT2D eigenvalue weighted by molar-refractivity contribution is 7.17. The maximum Gasteiger partial charge on any atom is 0.407 e. The Balaban J connectivity index is 1.25. The highest BCUT2D eigenvalue weighted by atomic mass is 32.1. The summed E-state index contributed by atoms with van der Waals surface area (Å²) in [6.45, 7) is 5.17. The van der Waals surface area contributed by atoms with Crippen molar-refractivity contribution in [2.75, 3.05) is 24.3 Å². The van der Waals surface area contributed by atoms with Crippen molar-refractivity contribution < 1.29 is 19.1 Å². The zero-order valence-electron chi connectivity index (χ0n) is 21.6. The molecule has 10 heteroatoms. The Kier molecular flexibility index (Phi) is 8.70. The minimum absolute atomic E-state index is 0.0722. The average Bonchev–Trinajstić information content (AvgIpc) is 3.37. The minimum Gasteiger partial charge on any atom is -0.494 e. The summed E-state index contributed by atoms with van der Waals surface area (Å²) in [5, 5.41) is 10.8. The predicted octanol–water partition coefficient (Wildman–Crippen LogP) is 4.37. The van der Waals surface area contributed by atoms with Crippen molar-refractivity contribution in [3.05, 3.63) is 57.7 Å². The molecule has 198 valence electrons. The quantitative estimate of drug-likeness (QED) is 0.361. The molecule has 4 N–H and O–H groups in total. The van der Waals surface area contributed by atoms with Crippen LogP contribution in [0.3, 0.4) is 0 Å². The van der Waals surface area contributed by atoms with E-state index in [2.05, 4.69) is 15.7 Å². The number of aromatic nitrogens is 2. The SMILES string of the molecule is CCOc1ccccc1CCC(=O)Nc1sc2c(c1N)CCC(COC(=O)NCc1cn(C)nc1C)C2. The van der Waals surface area contributed by atoms with Crippen LogP contribution < -0.4 is 21.1 Å². The van der Waals surface area contributed by atoms with Gasteiger partial charge in [0.1, 0.15) is 10.8 Å². The molecular formula is C27H35N5O4S. The van der Waals surface area contributed by atoms with E-state index in [-0.39, 0.29) is 11.8 Å². The number of anilines is 2. The summed E-state index contributed by atoms with van der Waals surface area (Å²) < 4.78 is 12.9. The van der Waals surface area contributed by atoms with Crippen LogP contribution in [0, 0.1) is 12.8 Å². The molecule has 9 nitrogen and oxygen atoms in total. The summed E-state index contributed by atoms with van der Waals surface area (Å²) in [5.41, 5.74) is 11.0. The van der Waals surface area contributed by atoms with Crippen LogP contribution in [0.25, 0.3) is 0 Å². The van der Waals surface area contributed by atoms with Crippen LogP contribution in [-0.2, 0) is 42.4 Å². The number of nitrogens with zero attached hydrogens (tertiary/aromatic N) is 2. The topological polar surface area (TPSA) is 121 Å². The van der Waals surface area contributed by atoms with Crippen LogP contribution in [0.2, 0.25) is 0 Å². The van der Waals surface area contributed by atoms with Gasteiger partial charge in [0.25, 0.3) is 0 Å². The van der Waals surface area contributed by atoms with Gasteiger partial charge in [-0.15, -0.1) is 11.3 Å². The third-order valence-corrected chi connectivity index (χ3v) is 7.73. The summed E-state index contributed by atoms with van der Waals surface area (Å²) in [7, 11) is 1.85. The number of nitrogens with one attached hydrogen (secondary N) is 2. The van der Waals surface area contributed by atoms with E-state index < -0.39 is 6.09 Å². The van der Waals surface area contributed by atoms with Crippen molar-refractivity contribution >= 4 is 34.0 Å². The van der Waals surface area contributed by atoms with Gasteiger partial charge in [-0.25, -0.2) is 4.79 Å². The zero-order chi connectivity index (χ0) is 26.4. The van der Waals surface area contributed by atoms with E-state index in [1.54, 1.807) is 4.68 Å². The third kappa shape index (κ3) is 6.82. The third-order valence-electron chi connectivity index (χ3n) is 6.54. The number of ether oxygens (including phenoxy) is 2. The number of aryl methyl sites for hydroxylation is 3. The van der Waals surface area contributed by atoms with Crippen LogP contribution in [0.15, 0.2) is 30.5 Å². The molecule has 1 atom stereocenters. The molecule has 0 radical (unpaired) electrons. The maximum atomic E-state index is 12.7. The van der Waals surface area contributed by atoms with Crippen LogP contribution in [0.5, 0.6) is 5.75 Å². The molecule has 1 aliphatic carbocycles. The number of carbonyl (C=O) groups is 2. The van der Waals surface area contributed by atoms with Crippen LogP contribution in [-0.4, -0.2) is 35.0 Å². The number of amides is 2. The monoisotopic (exact) mass is 525 g/mol. The molecule has 0 saturated carbocycles. The number of fused-ring (bicyclic) bond motifs is 1. The van der Waals surface area contributed by atoms with Gasteiger partial charge in [-0.05, 0) is 62.6 Å². The van der Waals surface area contributed by atoms with E-state index in [1.807, 2.05) is 51.4 Å². The first-order chi connectivity index (χ1) is 17.8. The number of para-hydroxylation sites is 1. The van der Waals surface area contributed by atoms with Crippen molar-refractivity contribution in [2.45, 2.75) is 52.5 Å². The van der Waals surface area contributed by atoms with Gasteiger partial charge in [0.2, 0.25) is 5.91 Å². The van der Waals surface area contributed by atoms with Gasteiger partial charge in [-0.2, -0.15) is 5.10 Å². The lowest BCUT2D eigenvalue weighted by Crippen LogP contribution is -2.27. The van der Waals surface area contributed by atoms with Crippen LogP contribution in [0.1, 0.15) is 47.0 Å². The minimum atomic E-state index is -0.432. The lowest BCUT2D eigenvalue weighted by molar-refractivity contribution is -0.116. The maximum absolute atomic E-state index is 12.7. The Morgan fingerprint density at radius 3 is 2.84 bits per heavy atom. The standard InChI is InChI=1S/C27H35N5O4S/c1-4-35-22-8-6-5-7-19(22)10-12-24(33)30-26-25(28)21-11-9-18(13-23(21)37-26)16-36-27(34)29-14-20-15-32(3)31-17(20)2/h5-8,15,18H,4,9-14,16,28H2,1-3H3,(H,29,34)(H,30,33). The first-order valence-electron chi connectivity index (χ1n) is 12.6. The second-order valence-corrected chi connectivity index (χ2v) is 10.4. The summed E-state index contributed by atoms with van der Waals surface area (Å²) in [5.74, 6) is 0.963. The largest absolute Gasteiger partial charge is 0.494 e. The Morgan fingerprint density at radius 2 is 2.08 bits per heavy atom. The molecule has 0 bridgehead atoms. The zero-order valence-corrected chi connectivity index (χ0v) is 22.5. The Hall–Kier alpha value is -3.53. The summed E-state index contributed by atoms with van der Waals surface area (Å²) in [6, 6.07) is 7.79. The number of hydrogen-bond donors (Lipinski definition) is 3. The molecule has 0 aliphatic heterocycles. The fourth-order valence-electron chi connectivity index (χ4n) is 4.59. The van der Waals surface area contributed by atoms with Gasteiger partial charge in [0, 0.05) is 36.7 Å². The summed E-state index contributed by atoms with van der Waals surface area (Å²) in [4.78, 5) is 26.0. The van der Waals surface area contributed by atoms with E-state index in [1.165, 1.54) is 11.3 Å². The molecule has 37 heavy (non-hydrogen) atoms. The highest BCUT2D eigenvalue weighted by Crippen LogP contribution is 2.41. The molecule has 4 rings (SSSR count). The average molecular weight is 526 g/mol. The Bertz CT molecular complexity index is 1250. The lowest BCUT2D eigenvalue weighted by Gasteiger charge is -2.22. The first-order valence-corrected chi connectivity index (χ1v) is 13.5. The second kappa shape index (κ2) is 12.1. The number of thiophene rings is 1. The number of benzene rings is 1. The summed E-state index contributed by atoms with van der Waals surface area (Å²) >= 11 is 1.53. The second-order valence-electron chi connectivity index (χ2n) is 9.31. The molecular weight excluding hydrogens is 490 g/mol. The number of nitrogen functional groups attached to an aromatic ring is 1. The molecule has 1 aromatic carbocycles. The number of carbonyl (C=O) groups excluding carboxylic acids is 2. The lowest BCUT2D eigenvalue weighted by atomic mass is 9.89. The number of rotatable bonds is 10. The molecule has 2 aromatic heterocycles. The fourth-order valence-corrected chi connectivity index (χ4v) is 5.89. The van der Waals surface area contributed by atoms with Gasteiger partial charge < -0.3 is 25.8 Å². The Morgan fingerprint density at radius 1 is 1.27 bits per heavy atom. The van der Waals surface area contributed by atoms with Crippen LogP contribution in [0.4, 0.5) is 15.5 Å². The predicted molar refractivity (Wildman–Crippen MR) is 145 cm³/mol. The van der Waals surface area contributed by atoms with Crippen molar-refractivity contribution in [1.29, 1.82) is 0 Å². The molecule has 3 aromatic rings. The number of nitrogens with two attached hydrogens (primary N) is 1. The highest BCUT2D eigenvalue weighted by Gasteiger charge is 2.26. The molecule has 2 amide bonds. The van der Waals surface area contributed by atoms with Crippen molar-refractivity contribution in [3.63, 3.8) is 0 Å². The fraction of sp³-hybridized carbons (Fsp3) is 0.444. The van der Waals surface area contributed by atoms with E-state index in [4.69, 9.17) is 15.2 Å². The molecule has 1 aliphatic rings. The van der Waals surface area contributed by atoms with Gasteiger partial charge in [-0.1, -0.05) is 18.2 Å². The van der Waals surface area contributed by atoms with Crippen molar-refractivity contribution in [2.24, 2.45) is 13.0 Å². The van der Waals surface area contributed by atoms with Gasteiger partial charge in [0.05, 0.1) is 24.6 Å². The summed E-state index contributed by atoms with van der Waals surface area (Å²) in [6.07, 6.45) is 4.85. The van der Waals surface area contributed by atoms with Crippen molar-refractivity contribution in [3.8, 4) is 5.75 Å². The first kappa shape index (κ1) is 26.5. The smallest absolute Gasteiger partial charge is 0.407 e. The molecule has 2 heterocycles. The molecule has 0 saturated heterocycles. The van der Waals surface area contributed by atoms with E-state index in [9.17, 15) is 9.59 Å². The van der Waals surface area contributed by atoms with E-state index >= 15 is 0 Å². The molecule has 0 spiro atoms. The molecule has 0 fully saturated rings. The van der Waals surface area contributed by atoms with E-state index in [0.717, 1.165) is 52.3 Å². The number of alkyl carbamates (subject to hydrolysis) is 1. The Labute approximate surface area is 221 Å².